The molecule has 0 unspecified atom stereocenters. The van der Waals surface area contributed by atoms with E-state index in [9.17, 15) is 9.18 Å². The minimum absolute atomic E-state index is 0.171. The number of hydrogen-bond donors (Lipinski definition) is 1. The van der Waals surface area contributed by atoms with Gasteiger partial charge in [-0.3, -0.25) is 9.78 Å². The normalized spacial score (nSPS) is 13.7. The van der Waals surface area contributed by atoms with Crippen LogP contribution >= 0.6 is 0 Å². The molecule has 0 saturated carbocycles. The maximum absolute atomic E-state index is 13.1. The van der Waals surface area contributed by atoms with Crippen molar-refractivity contribution in [3.05, 3.63) is 95.4 Å². The van der Waals surface area contributed by atoms with Gasteiger partial charge in [0.05, 0.1) is 5.52 Å². The fraction of sp³-hybridized carbons (Fsp3) is 0.154. The van der Waals surface area contributed by atoms with E-state index in [1.807, 2.05) is 30.3 Å². The summed E-state index contributed by atoms with van der Waals surface area (Å²) in [4.78, 5) is 19.8. The van der Waals surface area contributed by atoms with Gasteiger partial charge in [-0.05, 0) is 72.3 Å². The third-order valence-corrected chi connectivity index (χ3v) is 5.74. The number of halogens is 1. The van der Waals surface area contributed by atoms with Gasteiger partial charge in [-0.15, -0.1) is 0 Å². The summed E-state index contributed by atoms with van der Waals surface area (Å²) in [6.07, 6.45) is 0.966. The minimum atomic E-state index is -0.266. The lowest BCUT2D eigenvalue weighted by atomic mass is 10.0. The number of pyridine rings is 1. The Kier molecular flexibility index (Phi) is 4.96. The molecular weight excluding hydrogens is 389 g/mol. The van der Waals surface area contributed by atoms with E-state index in [0.717, 1.165) is 47.2 Å². The summed E-state index contributed by atoms with van der Waals surface area (Å²) in [6.45, 7) is 1.93. The van der Waals surface area contributed by atoms with Gasteiger partial charge in [0.25, 0.3) is 5.91 Å². The van der Waals surface area contributed by atoms with E-state index < -0.39 is 0 Å². The predicted octanol–water partition coefficient (Wildman–Crippen LogP) is 5.28. The van der Waals surface area contributed by atoms with E-state index in [1.54, 1.807) is 24.3 Å². The molecule has 1 amide bonds. The van der Waals surface area contributed by atoms with Crippen LogP contribution in [-0.4, -0.2) is 29.4 Å². The van der Waals surface area contributed by atoms with Crippen LogP contribution in [0.25, 0.3) is 22.0 Å². The zero-order valence-corrected chi connectivity index (χ0v) is 17.2. The van der Waals surface area contributed by atoms with Crippen molar-refractivity contribution in [2.24, 2.45) is 0 Å². The first kappa shape index (κ1) is 19.4. The lowest BCUT2D eigenvalue weighted by Crippen LogP contribution is -2.27. The average molecular weight is 411 g/mol. The van der Waals surface area contributed by atoms with Crippen molar-refractivity contribution in [3.8, 4) is 11.1 Å². The van der Waals surface area contributed by atoms with Crippen molar-refractivity contribution in [2.75, 3.05) is 18.9 Å². The Morgan fingerprint density at radius 2 is 1.68 bits per heavy atom. The van der Waals surface area contributed by atoms with Crippen molar-refractivity contribution in [2.45, 2.75) is 13.0 Å². The summed E-state index contributed by atoms with van der Waals surface area (Å²) in [7, 11) is 2.12. The third-order valence-electron chi connectivity index (χ3n) is 5.74. The molecule has 1 aromatic heterocycles. The molecule has 0 atom stereocenters. The van der Waals surface area contributed by atoms with Crippen LogP contribution in [0.1, 0.15) is 21.6 Å². The van der Waals surface area contributed by atoms with Crippen LogP contribution in [-0.2, 0) is 13.0 Å². The molecule has 4 nitrogen and oxygen atoms in total. The first-order valence-electron chi connectivity index (χ1n) is 10.3. The highest BCUT2D eigenvalue weighted by Crippen LogP contribution is 2.25. The van der Waals surface area contributed by atoms with Crippen LogP contribution < -0.4 is 5.32 Å². The Labute approximate surface area is 180 Å². The number of aromatic nitrogens is 1. The second-order valence-corrected chi connectivity index (χ2v) is 8.03. The highest BCUT2D eigenvalue weighted by atomic mass is 19.1. The van der Waals surface area contributed by atoms with Crippen LogP contribution in [0, 0.1) is 5.82 Å². The van der Waals surface area contributed by atoms with E-state index in [1.165, 1.54) is 23.4 Å². The average Bonchev–Trinajstić information content (AvgIpc) is 2.78. The first-order valence-corrected chi connectivity index (χ1v) is 10.3. The van der Waals surface area contributed by atoms with Gasteiger partial charge >= 0.3 is 0 Å². The molecule has 5 heteroatoms. The number of likely N-dealkylation sites (N-methyl/N-ethyl adjacent to an activating group) is 1. The van der Waals surface area contributed by atoms with Crippen LogP contribution in [0.15, 0.2) is 72.8 Å². The summed E-state index contributed by atoms with van der Waals surface area (Å²) >= 11 is 0. The number of nitrogens with zero attached hydrogens (tertiary/aromatic N) is 2. The van der Waals surface area contributed by atoms with E-state index in [-0.39, 0.29) is 11.7 Å². The molecule has 154 valence electrons. The molecule has 1 N–H and O–H groups in total. The Morgan fingerprint density at radius 3 is 2.42 bits per heavy atom. The van der Waals surface area contributed by atoms with Gasteiger partial charge in [-0.25, -0.2) is 4.39 Å². The van der Waals surface area contributed by atoms with Crippen molar-refractivity contribution < 1.29 is 9.18 Å². The fourth-order valence-corrected chi connectivity index (χ4v) is 4.02. The Morgan fingerprint density at radius 1 is 0.968 bits per heavy atom. The third kappa shape index (κ3) is 4.05. The Bertz CT molecular complexity index is 1270. The molecular formula is C26H22FN3O. The summed E-state index contributed by atoms with van der Waals surface area (Å²) in [5, 5.41) is 4.01. The van der Waals surface area contributed by atoms with Crippen LogP contribution in [0.3, 0.4) is 0 Å². The molecule has 0 radical (unpaired) electrons. The quantitative estimate of drug-likeness (QED) is 0.499. The number of amides is 1. The monoisotopic (exact) mass is 411 g/mol. The zero-order chi connectivity index (χ0) is 21.4. The summed E-state index contributed by atoms with van der Waals surface area (Å²) in [5.74, 6) is -0.437. The lowest BCUT2D eigenvalue weighted by Gasteiger charge is -2.24. The number of fused-ring (bicyclic) bond motifs is 2. The molecule has 4 aromatic rings. The van der Waals surface area contributed by atoms with E-state index in [0.29, 0.717) is 5.56 Å². The maximum atomic E-state index is 13.1. The number of carbonyl (C=O) groups is 1. The molecule has 0 bridgehead atoms. The molecule has 2 heterocycles. The van der Waals surface area contributed by atoms with Crippen molar-refractivity contribution in [3.63, 3.8) is 0 Å². The molecule has 0 saturated heterocycles. The fourth-order valence-electron chi connectivity index (χ4n) is 4.02. The van der Waals surface area contributed by atoms with Crippen molar-refractivity contribution >= 4 is 22.5 Å². The van der Waals surface area contributed by atoms with Gasteiger partial charge in [0.2, 0.25) is 0 Å². The standard InChI is InChI=1S/C26H22FN3O/c1-30-13-12-25-21(16-30)14-20-15-23(10-11-24(20)29-25)28-26(31)19-4-2-17(3-5-19)18-6-8-22(27)9-7-18/h2-11,14-15H,12-13,16H2,1H3,(H,28,31). The molecule has 31 heavy (non-hydrogen) atoms. The van der Waals surface area contributed by atoms with Crippen LogP contribution in [0.5, 0.6) is 0 Å². The summed E-state index contributed by atoms with van der Waals surface area (Å²) < 4.78 is 13.1. The number of nitrogens with one attached hydrogen (secondary N) is 1. The van der Waals surface area contributed by atoms with Crippen molar-refractivity contribution in [1.29, 1.82) is 0 Å². The molecule has 1 aliphatic rings. The molecule has 0 spiro atoms. The van der Waals surface area contributed by atoms with Crippen LogP contribution in [0.2, 0.25) is 0 Å². The SMILES string of the molecule is CN1CCc2nc3ccc(NC(=O)c4ccc(-c5ccc(F)cc5)cc4)cc3cc2C1. The van der Waals surface area contributed by atoms with E-state index in [2.05, 4.69) is 23.3 Å². The maximum Gasteiger partial charge on any atom is 0.255 e. The predicted molar refractivity (Wildman–Crippen MR) is 122 cm³/mol. The van der Waals surface area contributed by atoms with Gasteiger partial charge in [0, 0.05) is 41.8 Å². The molecule has 5 rings (SSSR count). The second kappa shape index (κ2) is 7.93. The molecule has 1 aliphatic heterocycles. The number of hydrogen-bond acceptors (Lipinski definition) is 3. The molecule has 3 aromatic carbocycles. The number of benzene rings is 3. The summed E-state index contributed by atoms with van der Waals surface area (Å²) in [5.41, 5.74) is 6.52. The van der Waals surface area contributed by atoms with Crippen molar-refractivity contribution in [1.82, 2.24) is 9.88 Å². The van der Waals surface area contributed by atoms with E-state index >= 15 is 0 Å². The Balaban J connectivity index is 1.35. The topological polar surface area (TPSA) is 45.2 Å². The molecule has 0 aliphatic carbocycles. The number of anilines is 1. The van der Waals surface area contributed by atoms with E-state index in [4.69, 9.17) is 4.98 Å². The zero-order valence-electron chi connectivity index (χ0n) is 17.2. The lowest BCUT2D eigenvalue weighted by molar-refractivity contribution is 0.102. The Hall–Kier alpha value is -3.57. The summed E-state index contributed by atoms with van der Waals surface area (Å²) in [6, 6.07) is 21.6. The smallest absolute Gasteiger partial charge is 0.255 e. The number of carbonyl (C=O) groups excluding carboxylic acids is 1. The van der Waals surface area contributed by atoms with Gasteiger partial charge in [-0.1, -0.05) is 24.3 Å². The van der Waals surface area contributed by atoms with Gasteiger partial charge in [0.1, 0.15) is 5.82 Å². The second-order valence-electron chi connectivity index (χ2n) is 8.03. The van der Waals surface area contributed by atoms with Gasteiger partial charge in [-0.2, -0.15) is 0 Å². The van der Waals surface area contributed by atoms with Gasteiger partial charge in [0.15, 0.2) is 0 Å². The van der Waals surface area contributed by atoms with Gasteiger partial charge < -0.3 is 10.2 Å². The first-order chi connectivity index (χ1) is 15.0. The largest absolute Gasteiger partial charge is 0.322 e. The minimum Gasteiger partial charge on any atom is -0.322 e. The van der Waals surface area contributed by atoms with Crippen LogP contribution in [0.4, 0.5) is 10.1 Å². The number of rotatable bonds is 3. The molecule has 0 fully saturated rings. The highest BCUT2D eigenvalue weighted by molar-refractivity contribution is 6.05. The highest BCUT2D eigenvalue weighted by Gasteiger charge is 2.15.